The Labute approximate surface area is 127 Å². The summed E-state index contributed by atoms with van der Waals surface area (Å²) < 4.78 is 0. The topological polar surface area (TPSA) is 49.7 Å². The highest BCUT2D eigenvalue weighted by atomic mass is 35.5. The fourth-order valence-electron chi connectivity index (χ4n) is 2.35. The molecule has 0 atom stereocenters. The lowest BCUT2D eigenvalue weighted by molar-refractivity contribution is 0.103. The lowest BCUT2D eigenvalue weighted by atomic mass is 9.94. The van der Waals surface area contributed by atoms with Crippen LogP contribution < -0.4 is 0 Å². The highest BCUT2D eigenvalue weighted by Crippen LogP contribution is 2.25. The summed E-state index contributed by atoms with van der Waals surface area (Å²) in [6, 6.07) is 14.7. The molecule has 3 rings (SSSR count). The number of ketones is 1. The van der Waals surface area contributed by atoms with Gasteiger partial charge in [-0.15, -0.1) is 0 Å². The first-order valence-electron chi connectivity index (χ1n) is 6.48. The molecule has 2 aromatic carbocycles. The van der Waals surface area contributed by atoms with Gasteiger partial charge < -0.3 is 5.11 Å². The lowest BCUT2D eigenvalue weighted by Crippen LogP contribution is -2.09. The smallest absolute Gasteiger partial charge is 0.194 e. The van der Waals surface area contributed by atoms with Gasteiger partial charge >= 0.3 is 0 Å². The van der Waals surface area contributed by atoms with E-state index < -0.39 is 0 Å². The molecule has 0 bridgehead atoms. The average Bonchev–Trinajstić information content (AvgIpc) is 2.65. The van der Waals surface area contributed by atoms with Crippen molar-refractivity contribution in [2.24, 2.45) is 4.99 Å². The SMILES string of the molecule is O=C1/C(=C/O)CN=C(c2ccccc2)c2cc(Cl)ccc21. The Morgan fingerprint density at radius 2 is 1.86 bits per heavy atom. The summed E-state index contributed by atoms with van der Waals surface area (Å²) in [4.78, 5) is 16.9. The summed E-state index contributed by atoms with van der Waals surface area (Å²) in [5.41, 5.74) is 3.08. The molecule has 21 heavy (non-hydrogen) atoms. The van der Waals surface area contributed by atoms with Gasteiger partial charge in [-0.25, -0.2) is 0 Å². The van der Waals surface area contributed by atoms with Gasteiger partial charge in [0.1, 0.15) is 0 Å². The third-order valence-electron chi connectivity index (χ3n) is 3.38. The molecule has 3 nitrogen and oxygen atoms in total. The molecule has 1 aliphatic heterocycles. The zero-order valence-electron chi connectivity index (χ0n) is 11.1. The minimum absolute atomic E-state index is 0.145. The number of halogens is 1. The maximum Gasteiger partial charge on any atom is 0.194 e. The number of benzene rings is 2. The van der Waals surface area contributed by atoms with E-state index in [2.05, 4.69) is 4.99 Å². The largest absolute Gasteiger partial charge is 0.515 e. The van der Waals surface area contributed by atoms with Crippen molar-refractivity contribution in [3.8, 4) is 0 Å². The van der Waals surface area contributed by atoms with Crippen LogP contribution in [-0.4, -0.2) is 23.1 Å². The van der Waals surface area contributed by atoms with Crippen molar-refractivity contribution in [1.29, 1.82) is 0 Å². The van der Waals surface area contributed by atoms with Gasteiger partial charge in [-0.3, -0.25) is 9.79 Å². The summed E-state index contributed by atoms with van der Waals surface area (Å²) in [7, 11) is 0. The number of hydrogen-bond acceptors (Lipinski definition) is 3. The quantitative estimate of drug-likeness (QED) is 0.642. The molecular formula is C17H12ClNO2. The third kappa shape index (κ3) is 2.48. The predicted molar refractivity (Wildman–Crippen MR) is 83.4 cm³/mol. The number of fused-ring (bicyclic) bond motifs is 1. The van der Waals surface area contributed by atoms with Crippen LogP contribution in [0.15, 0.2) is 65.4 Å². The molecule has 0 amide bonds. The Hall–Kier alpha value is -2.39. The Kier molecular flexibility index (Phi) is 3.59. The third-order valence-corrected chi connectivity index (χ3v) is 3.62. The fraction of sp³-hybridized carbons (Fsp3) is 0.0588. The minimum atomic E-state index is -0.223. The van der Waals surface area contributed by atoms with Crippen molar-refractivity contribution in [2.75, 3.05) is 6.54 Å². The van der Waals surface area contributed by atoms with E-state index in [1.54, 1.807) is 18.2 Å². The maximum absolute atomic E-state index is 12.4. The van der Waals surface area contributed by atoms with Gasteiger partial charge in [-0.2, -0.15) is 0 Å². The van der Waals surface area contributed by atoms with Crippen LogP contribution in [0, 0.1) is 0 Å². The van der Waals surface area contributed by atoms with Crippen molar-refractivity contribution in [1.82, 2.24) is 0 Å². The first-order valence-corrected chi connectivity index (χ1v) is 6.86. The fourth-order valence-corrected chi connectivity index (χ4v) is 2.52. The van der Waals surface area contributed by atoms with Crippen LogP contribution in [0.1, 0.15) is 21.5 Å². The van der Waals surface area contributed by atoms with Crippen LogP contribution in [0.4, 0.5) is 0 Å². The molecule has 1 N–H and O–H groups in total. The molecular weight excluding hydrogens is 286 g/mol. The number of Topliss-reactive ketones (excluding diaryl/α,β-unsaturated/α-hetero) is 1. The summed E-state index contributed by atoms with van der Waals surface area (Å²) in [5, 5.41) is 9.79. The van der Waals surface area contributed by atoms with E-state index in [0.29, 0.717) is 21.9 Å². The number of hydrogen-bond donors (Lipinski definition) is 1. The highest BCUT2D eigenvalue weighted by Gasteiger charge is 2.23. The van der Waals surface area contributed by atoms with Gasteiger partial charge in [-0.1, -0.05) is 41.9 Å². The Balaban J connectivity index is 2.26. The van der Waals surface area contributed by atoms with Gasteiger partial charge in [0.2, 0.25) is 0 Å². The number of aliphatic hydroxyl groups is 1. The summed E-state index contributed by atoms with van der Waals surface area (Å²) >= 11 is 6.07. The van der Waals surface area contributed by atoms with Crippen molar-refractivity contribution in [2.45, 2.75) is 0 Å². The second-order valence-corrected chi connectivity index (χ2v) is 5.14. The molecule has 0 unspecified atom stereocenters. The van der Waals surface area contributed by atoms with E-state index in [4.69, 9.17) is 11.6 Å². The zero-order valence-corrected chi connectivity index (χ0v) is 11.8. The monoisotopic (exact) mass is 297 g/mol. The van der Waals surface area contributed by atoms with E-state index in [1.807, 2.05) is 30.3 Å². The van der Waals surface area contributed by atoms with Crippen molar-refractivity contribution in [3.05, 3.63) is 82.1 Å². The minimum Gasteiger partial charge on any atom is -0.515 e. The Bertz CT molecular complexity index is 764. The van der Waals surface area contributed by atoms with Gasteiger partial charge in [0.15, 0.2) is 5.78 Å². The molecule has 2 aromatic rings. The van der Waals surface area contributed by atoms with Gasteiger partial charge in [-0.05, 0) is 18.2 Å². The number of aliphatic imine (C=N–C) groups is 1. The predicted octanol–water partition coefficient (Wildman–Crippen LogP) is 3.82. The second-order valence-electron chi connectivity index (χ2n) is 4.70. The normalized spacial score (nSPS) is 16.3. The van der Waals surface area contributed by atoms with Crippen LogP contribution in [0.2, 0.25) is 5.02 Å². The molecule has 0 spiro atoms. The molecule has 4 heteroatoms. The first kappa shape index (κ1) is 13.6. The van der Waals surface area contributed by atoms with Crippen LogP contribution in [0.25, 0.3) is 0 Å². The Morgan fingerprint density at radius 1 is 1.10 bits per heavy atom. The molecule has 1 heterocycles. The lowest BCUT2D eigenvalue weighted by Gasteiger charge is -2.09. The standard InChI is InChI=1S/C17H12ClNO2/c18-13-6-7-14-15(8-13)16(11-4-2-1-3-5-11)19-9-12(10-20)17(14)21/h1-8,10,20H,9H2/b12-10+. The zero-order chi connectivity index (χ0) is 14.8. The van der Waals surface area contributed by atoms with Crippen LogP contribution in [-0.2, 0) is 0 Å². The van der Waals surface area contributed by atoms with E-state index >= 15 is 0 Å². The molecule has 0 saturated carbocycles. The number of rotatable bonds is 1. The van der Waals surface area contributed by atoms with Crippen molar-refractivity contribution in [3.63, 3.8) is 0 Å². The van der Waals surface area contributed by atoms with Crippen LogP contribution in [0.3, 0.4) is 0 Å². The number of carbonyl (C=O) groups excluding carboxylic acids is 1. The van der Waals surface area contributed by atoms with Crippen LogP contribution in [0.5, 0.6) is 0 Å². The number of aliphatic hydroxyl groups excluding tert-OH is 1. The molecule has 1 aliphatic rings. The molecule has 0 aromatic heterocycles. The number of nitrogens with zero attached hydrogens (tertiary/aromatic N) is 1. The molecule has 0 fully saturated rings. The van der Waals surface area contributed by atoms with Crippen molar-refractivity contribution >= 4 is 23.1 Å². The maximum atomic E-state index is 12.4. The first-order chi connectivity index (χ1) is 10.2. The molecule has 0 aliphatic carbocycles. The van der Waals surface area contributed by atoms with Gasteiger partial charge in [0.05, 0.1) is 24.1 Å². The summed E-state index contributed by atoms with van der Waals surface area (Å²) in [6.07, 6.45) is 0.832. The van der Waals surface area contributed by atoms with E-state index in [1.165, 1.54) is 0 Å². The molecule has 0 radical (unpaired) electrons. The summed E-state index contributed by atoms with van der Waals surface area (Å²) in [6.45, 7) is 0.145. The Morgan fingerprint density at radius 3 is 2.57 bits per heavy atom. The van der Waals surface area contributed by atoms with Gasteiger partial charge in [0.25, 0.3) is 0 Å². The number of carbonyl (C=O) groups is 1. The van der Waals surface area contributed by atoms with Crippen molar-refractivity contribution < 1.29 is 9.90 Å². The van der Waals surface area contributed by atoms with E-state index in [9.17, 15) is 9.90 Å². The average molecular weight is 298 g/mol. The van der Waals surface area contributed by atoms with E-state index in [-0.39, 0.29) is 17.9 Å². The summed E-state index contributed by atoms with van der Waals surface area (Å²) in [5.74, 6) is -0.223. The second kappa shape index (κ2) is 5.54. The molecule has 0 saturated heterocycles. The van der Waals surface area contributed by atoms with Crippen LogP contribution >= 0.6 is 11.6 Å². The highest BCUT2D eigenvalue weighted by molar-refractivity contribution is 6.32. The molecule has 104 valence electrons. The van der Waals surface area contributed by atoms with Gasteiger partial charge in [0, 0.05) is 21.7 Å². The van der Waals surface area contributed by atoms with E-state index in [0.717, 1.165) is 11.8 Å².